The molecular formula is C24H39N5O7. The minimum Gasteiger partial charge on any atom is -0.458 e. The summed E-state index contributed by atoms with van der Waals surface area (Å²) in [6.07, 6.45) is 1.06. The van der Waals surface area contributed by atoms with Gasteiger partial charge in [0.15, 0.2) is 0 Å². The van der Waals surface area contributed by atoms with Crippen LogP contribution in [-0.4, -0.2) is 77.2 Å². The Balaban J connectivity index is 2.12. The number of amides is 5. The summed E-state index contributed by atoms with van der Waals surface area (Å²) in [6.45, 7) is 12.0. The van der Waals surface area contributed by atoms with Gasteiger partial charge < -0.3 is 31.3 Å². The summed E-state index contributed by atoms with van der Waals surface area (Å²) in [5, 5.41) is 7.65. The average Bonchev–Trinajstić information content (AvgIpc) is 3.40. The van der Waals surface area contributed by atoms with Gasteiger partial charge in [-0.25, -0.2) is 9.59 Å². The molecular weight excluding hydrogens is 470 g/mol. The van der Waals surface area contributed by atoms with Crippen LogP contribution in [0.2, 0.25) is 0 Å². The monoisotopic (exact) mass is 509 g/mol. The van der Waals surface area contributed by atoms with Crippen LogP contribution in [-0.2, 0) is 28.7 Å². The van der Waals surface area contributed by atoms with Crippen molar-refractivity contribution in [1.82, 2.24) is 20.9 Å². The summed E-state index contributed by atoms with van der Waals surface area (Å²) in [5.74, 6) is -3.56. The summed E-state index contributed by atoms with van der Waals surface area (Å²) >= 11 is 0. The van der Waals surface area contributed by atoms with E-state index in [0.717, 1.165) is 6.42 Å². The van der Waals surface area contributed by atoms with E-state index in [1.807, 2.05) is 0 Å². The number of nitrogens with two attached hydrogens (primary N) is 1. The van der Waals surface area contributed by atoms with Gasteiger partial charge in [-0.05, 0) is 50.9 Å². The molecule has 12 heteroatoms. The van der Waals surface area contributed by atoms with Gasteiger partial charge in [-0.2, -0.15) is 0 Å². The first-order valence-electron chi connectivity index (χ1n) is 12.2. The molecule has 1 aliphatic carbocycles. The number of primary amides is 1. The zero-order valence-corrected chi connectivity index (χ0v) is 22.1. The molecule has 202 valence electrons. The molecule has 5 amide bonds. The normalized spacial score (nSPS) is 22.5. The van der Waals surface area contributed by atoms with Crippen molar-refractivity contribution in [2.24, 2.45) is 23.0 Å². The van der Waals surface area contributed by atoms with Gasteiger partial charge >= 0.3 is 12.0 Å². The Morgan fingerprint density at radius 1 is 1.03 bits per heavy atom. The summed E-state index contributed by atoms with van der Waals surface area (Å²) in [5.41, 5.74) is 3.49. The molecule has 0 radical (unpaired) electrons. The van der Waals surface area contributed by atoms with E-state index >= 15 is 0 Å². The van der Waals surface area contributed by atoms with E-state index in [1.165, 1.54) is 4.90 Å². The van der Waals surface area contributed by atoms with E-state index in [1.54, 1.807) is 48.5 Å². The minimum absolute atomic E-state index is 0.0521. The summed E-state index contributed by atoms with van der Waals surface area (Å²) < 4.78 is 5.35. The molecule has 2 rings (SSSR count). The fourth-order valence-corrected chi connectivity index (χ4v) is 4.23. The summed E-state index contributed by atoms with van der Waals surface area (Å²) in [7, 11) is 0. The molecule has 5 atom stereocenters. The number of nitrogens with zero attached hydrogens (tertiary/aromatic N) is 1. The molecule has 1 saturated carbocycles. The highest BCUT2D eigenvalue weighted by Crippen LogP contribution is 2.50. The number of hydrogen-bond donors (Lipinski definition) is 4. The third-order valence-electron chi connectivity index (χ3n) is 6.19. The lowest BCUT2D eigenvalue weighted by Crippen LogP contribution is -2.61. The van der Waals surface area contributed by atoms with Crippen molar-refractivity contribution >= 4 is 35.5 Å². The SMILES string of the molecule is CC[C@H](NC(=O)N[C@H](C(=O)N1C[C@@H]2C[C@@H]2[C@H]1C(=O)NCC(=O)C(N)=O)C(C)(C)C)C(=O)OC(C)(C)C. The lowest BCUT2D eigenvalue weighted by molar-refractivity contribution is -0.157. The first-order chi connectivity index (χ1) is 16.5. The Kier molecular flexibility index (Phi) is 8.74. The zero-order chi connectivity index (χ0) is 27.6. The number of piperidine rings is 1. The van der Waals surface area contributed by atoms with Crippen molar-refractivity contribution in [1.29, 1.82) is 0 Å². The molecule has 0 unspecified atom stereocenters. The number of carbonyl (C=O) groups is 6. The number of carbonyl (C=O) groups excluding carboxylic acids is 6. The van der Waals surface area contributed by atoms with Crippen LogP contribution in [0.4, 0.5) is 4.79 Å². The largest absolute Gasteiger partial charge is 0.458 e. The first kappa shape index (κ1) is 29.1. The second-order valence-electron chi connectivity index (χ2n) is 11.5. The van der Waals surface area contributed by atoms with Gasteiger partial charge in [0, 0.05) is 6.54 Å². The second-order valence-corrected chi connectivity index (χ2v) is 11.5. The lowest BCUT2D eigenvalue weighted by atomic mass is 9.85. The molecule has 1 saturated heterocycles. The molecule has 5 N–H and O–H groups in total. The fourth-order valence-electron chi connectivity index (χ4n) is 4.23. The first-order valence-corrected chi connectivity index (χ1v) is 12.2. The second kappa shape index (κ2) is 10.8. The average molecular weight is 510 g/mol. The van der Waals surface area contributed by atoms with Gasteiger partial charge in [-0.1, -0.05) is 27.7 Å². The molecule has 1 heterocycles. The number of rotatable bonds is 9. The Morgan fingerprint density at radius 2 is 1.64 bits per heavy atom. The molecule has 0 aromatic rings. The molecule has 0 spiro atoms. The number of fused-ring (bicyclic) bond motifs is 1. The number of likely N-dealkylation sites (tertiary alicyclic amines) is 1. The van der Waals surface area contributed by atoms with Crippen LogP contribution >= 0.6 is 0 Å². The minimum atomic E-state index is -1.15. The molecule has 2 aliphatic rings. The third-order valence-corrected chi connectivity index (χ3v) is 6.19. The Labute approximate surface area is 211 Å². The summed E-state index contributed by atoms with van der Waals surface area (Å²) in [4.78, 5) is 75.6. The van der Waals surface area contributed by atoms with Gasteiger partial charge in [-0.3, -0.25) is 19.2 Å². The molecule has 0 bridgehead atoms. The number of ketones is 1. The molecule has 12 nitrogen and oxygen atoms in total. The van der Waals surface area contributed by atoms with Gasteiger partial charge in [0.25, 0.3) is 5.91 Å². The van der Waals surface area contributed by atoms with Crippen molar-refractivity contribution in [2.45, 2.75) is 85.0 Å². The Hall–Kier alpha value is -3.18. The van der Waals surface area contributed by atoms with Crippen molar-refractivity contribution in [3.63, 3.8) is 0 Å². The highest BCUT2D eigenvalue weighted by atomic mass is 16.6. The number of hydrogen-bond acceptors (Lipinski definition) is 7. The third kappa shape index (κ3) is 7.41. The van der Waals surface area contributed by atoms with Crippen molar-refractivity contribution in [3.05, 3.63) is 0 Å². The number of ether oxygens (including phenoxy) is 1. The van der Waals surface area contributed by atoms with Gasteiger partial charge in [0.2, 0.25) is 17.6 Å². The van der Waals surface area contributed by atoms with Crippen molar-refractivity contribution in [3.8, 4) is 0 Å². The number of urea groups is 1. The fraction of sp³-hybridized carbons (Fsp3) is 0.750. The highest BCUT2D eigenvalue weighted by molar-refractivity contribution is 6.36. The quantitative estimate of drug-likeness (QED) is 0.246. The maximum atomic E-state index is 13.6. The van der Waals surface area contributed by atoms with Crippen LogP contribution in [0.15, 0.2) is 0 Å². The topological polar surface area (TPSA) is 177 Å². The van der Waals surface area contributed by atoms with Crippen LogP contribution < -0.4 is 21.7 Å². The van der Waals surface area contributed by atoms with Crippen molar-refractivity contribution < 1.29 is 33.5 Å². The van der Waals surface area contributed by atoms with E-state index in [0.29, 0.717) is 6.54 Å². The zero-order valence-electron chi connectivity index (χ0n) is 22.1. The van der Waals surface area contributed by atoms with E-state index in [-0.39, 0.29) is 18.3 Å². The van der Waals surface area contributed by atoms with E-state index < -0.39 is 71.2 Å². The number of Topliss-reactive ketones (excluding diaryl/α,β-unsaturated/α-hetero) is 1. The molecule has 36 heavy (non-hydrogen) atoms. The van der Waals surface area contributed by atoms with Crippen LogP contribution in [0.5, 0.6) is 0 Å². The van der Waals surface area contributed by atoms with Crippen LogP contribution in [0.25, 0.3) is 0 Å². The van der Waals surface area contributed by atoms with E-state index in [4.69, 9.17) is 10.5 Å². The predicted octanol–water partition coefficient (Wildman–Crippen LogP) is -0.162. The van der Waals surface area contributed by atoms with Gasteiger partial charge in [0.05, 0.1) is 6.54 Å². The molecule has 1 aliphatic heterocycles. The summed E-state index contributed by atoms with van der Waals surface area (Å²) in [6, 6.07) is -3.43. The van der Waals surface area contributed by atoms with Gasteiger partial charge in [-0.15, -0.1) is 0 Å². The van der Waals surface area contributed by atoms with E-state index in [9.17, 15) is 28.8 Å². The van der Waals surface area contributed by atoms with Crippen molar-refractivity contribution in [2.75, 3.05) is 13.1 Å². The number of esters is 1. The standard InChI is InChI=1S/C24H39N5O7/c1-8-14(21(34)36-24(5,6)7)27-22(35)28-17(23(2,3)4)20(33)29-11-12-9-13(12)16(29)19(32)26-10-15(30)18(25)31/h12-14,16-17H,8-11H2,1-7H3,(H2,25,31)(H,26,32)(H2,27,28,35)/t12-,13-,14-,16-,17+/m0/s1. The van der Waals surface area contributed by atoms with E-state index in [2.05, 4.69) is 16.0 Å². The number of nitrogens with one attached hydrogen (secondary N) is 3. The van der Waals surface area contributed by atoms with Crippen LogP contribution in [0.1, 0.15) is 61.3 Å². The van der Waals surface area contributed by atoms with Crippen LogP contribution in [0, 0.1) is 17.3 Å². The Bertz CT molecular complexity index is 921. The highest BCUT2D eigenvalue weighted by Gasteiger charge is 2.58. The molecule has 0 aromatic carbocycles. The smallest absolute Gasteiger partial charge is 0.329 e. The maximum absolute atomic E-state index is 13.6. The van der Waals surface area contributed by atoms with Crippen LogP contribution in [0.3, 0.4) is 0 Å². The Morgan fingerprint density at radius 3 is 2.14 bits per heavy atom. The lowest BCUT2D eigenvalue weighted by Gasteiger charge is -2.36. The maximum Gasteiger partial charge on any atom is 0.329 e. The molecule has 0 aromatic heterocycles. The molecule has 2 fully saturated rings. The predicted molar refractivity (Wildman–Crippen MR) is 129 cm³/mol. The van der Waals surface area contributed by atoms with Gasteiger partial charge in [0.1, 0.15) is 23.7 Å².